The molecule has 3 rings (SSSR count). The van der Waals surface area contributed by atoms with Crippen LogP contribution in [0.5, 0.6) is 0 Å². The standard InChI is InChI=1S/C17H26N6O2/c1-5-8-9-22-13-14(21(4)17(25)19-15(13)24)18-16(22)23-12(7-3)10-11(6-2)20-23/h10,13-14H,5-9H2,1-4H3,(H,19,24,25). The summed E-state index contributed by atoms with van der Waals surface area (Å²) in [5.74, 6) is 0.376. The molecular weight excluding hydrogens is 320 g/mol. The van der Waals surface area contributed by atoms with Gasteiger partial charge < -0.3 is 9.80 Å². The number of nitrogens with zero attached hydrogens (tertiary/aromatic N) is 5. The lowest BCUT2D eigenvalue weighted by Crippen LogP contribution is -2.64. The van der Waals surface area contributed by atoms with Crippen molar-refractivity contribution in [2.75, 3.05) is 13.6 Å². The summed E-state index contributed by atoms with van der Waals surface area (Å²) in [5.41, 5.74) is 2.06. The van der Waals surface area contributed by atoms with Crippen molar-refractivity contribution < 1.29 is 9.59 Å². The lowest BCUT2D eigenvalue weighted by molar-refractivity contribution is -0.127. The second-order valence-electron chi connectivity index (χ2n) is 6.49. The molecule has 0 bridgehead atoms. The molecule has 25 heavy (non-hydrogen) atoms. The van der Waals surface area contributed by atoms with Crippen LogP contribution in [0.25, 0.3) is 0 Å². The summed E-state index contributed by atoms with van der Waals surface area (Å²) in [6, 6.07) is 1.18. The summed E-state index contributed by atoms with van der Waals surface area (Å²) in [4.78, 5) is 32.7. The number of carbonyl (C=O) groups is 2. The Morgan fingerprint density at radius 1 is 1.20 bits per heavy atom. The number of carbonyl (C=O) groups excluding carboxylic acids is 2. The van der Waals surface area contributed by atoms with Gasteiger partial charge >= 0.3 is 6.03 Å². The Balaban J connectivity index is 2.04. The zero-order chi connectivity index (χ0) is 18.1. The zero-order valence-electron chi connectivity index (χ0n) is 15.3. The maximum atomic E-state index is 12.5. The number of aryl methyl sites for hydroxylation is 2. The number of amides is 3. The number of urea groups is 1. The van der Waals surface area contributed by atoms with E-state index in [2.05, 4.69) is 37.3 Å². The summed E-state index contributed by atoms with van der Waals surface area (Å²) < 4.78 is 1.85. The first-order chi connectivity index (χ1) is 12.0. The highest BCUT2D eigenvalue weighted by Gasteiger charge is 2.49. The number of fused-ring (bicyclic) bond motifs is 1. The van der Waals surface area contributed by atoms with E-state index >= 15 is 0 Å². The van der Waals surface area contributed by atoms with Crippen molar-refractivity contribution >= 4 is 17.9 Å². The molecule has 1 fully saturated rings. The van der Waals surface area contributed by atoms with Crippen LogP contribution < -0.4 is 5.32 Å². The Bertz CT molecular complexity index is 710. The molecular formula is C17H26N6O2. The molecule has 8 heteroatoms. The summed E-state index contributed by atoms with van der Waals surface area (Å²) in [6.45, 7) is 6.96. The Hall–Kier alpha value is -2.38. The van der Waals surface area contributed by atoms with E-state index in [1.165, 1.54) is 4.90 Å². The van der Waals surface area contributed by atoms with Gasteiger partial charge in [0.2, 0.25) is 5.96 Å². The molecule has 136 valence electrons. The van der Waals surface area contributed by atoms with Gasteiger partial charge in [0.15, 0.2) is 12.2 Å². The first-order valence-corrected chi connectivity index (χ1v) is 9.02. The fourth-order valence-electron chi connectivity index (χ4n) is 3.33. The molecule has 1 N–H and O–H groups in total. The highest BCUT2D eigenvalue weighted by Crippen LogP contribution is 2.26. The van der Waals surface area contributed by atoms with E-state index in [0.29, 0.717) is 12.5 Å². The fraction of sp³-hybridized carbons (Fsp3) is 0.647. The molecule has 0 saturated carbocycles. The van der Waals surface area contributed by atoms with E-state index in [4.69, 9.17) is 4.99 Å². The molecule has 2 atom stereocenters. The van der Waals surface area contributed by atoms with Crippen LogP contribution in [-0.4, -0.2) is 63.3 Å². The smallest absolute Gasteiger partial charge is 0.325 e. The maximum absolute atomic E-state index is 12.5. The van der Waals surface area contributed by atoms with Crippen LogP contribution in [0.15, 0.2) is 11.1 Å². The van der Waals surface area contributed by atoms with Crippen molar-refractivity contribution in [3.05, 3.63) is 17.5 Å². The SMILES string of the molecule is CCCCN1C(n2nc(CC)cc2CC)=NC2C1C(=O)NC(=O)N2C. The molecule has 1 aromatic heterocycles. The molecule has 2 aliphatic heterocycles. The minimum Gasteiger partial charge on any atom is -0.325 e. The Kier molecular flexibility index (Phi) is 4.78. The van der Waals surface area contributed by atoms with Crippen molar-refractivity contribution in [3.63, 3.8) is 0 Å². The number of likely N-dealkylation sites (N-methyl/N-ethyl adjacent to an activating group) is 1. The molecule has 0 aliphatic carbocycles. The van der Waals surface area contributed by atoms with Crippen LogP contribution in [0.1, 0.15) is 45.0 Å². The number of nitrogens with one attached hydrogen (secondary N) is 1. The number of imide groups is 1. The predicted molar refractivity (Wildman–Crippen MR) is 94.3 cm³/mol. The van der Waals surface area contributed by atoms with Gasteiger partial charge in [-0.15, -0.1) is 0 Å². The monoisotopic (exact) mass is 346 g/mol. The number of hydrogen-bond acceptors (Lipinski definition) is 5. The van der Waals surface area contributed by atoms with Gasteiger partial charge in [-0.1, -0.05) is 27.2 Å². The quantitative estimate of drug-likeness (QED) is 0.868. The fourth-order valence-corrected chi connectivity index (χ4v) is 3.33. The summed E-state index contributed by atoms with van der Waals surface area (Å²) in [5, 5.41) is 7.10. The minimum absolute atomic E-state index is 0.288. The third kappa shape index (κ3) is 2.89. The average molecular weight is 346 g/mol. The number of aliphatic imine (C=N–C) groups is 1. The first kappa shape index (κ1) is 17.4. The van der Waals surface area contributed by atoms with E-state index in [-0.39, 0.29) is 5.91 Å². The van der Waals surface area contributed by atoms with Gasteiger partial charge in [-0.05, 0) is 25.3 Å². The molecule has 8 nitrogen and oxygen atoms in total. The lowest BCUT2D eigenvalue weighted by atomic mass is 10.1. The summed E-state index contributed by atoms with van der Waals surface area (Å²) in [7, 11) is 1.67. The zero-order valence-corrected chi connectivity index (χ0v) is 15.3. The molecule has 1 aromatic rings. The highest BCUT2D eigenvalue weighted by molar-refractivity contribution is 6.04. The van der Waals surface area contributed by atoms with Crippen LogP contribution in [0.2, 0.25) is 0 Å². The van der Waals surface area contributed by atoms with E-state index in [1.807, 2.05) is 9.58 Å². The maximum Gasteiger partial charge on any atom is 0.325 e. The number of rotatable bonds is 5. The number of unbranched alkanes of at least 4 members (excludes halogenated alkanes) is 1. The van der Waals surface area contributed by atoms with Crippen LogP contribution in [0, 0.1) is 0 Å². The van der Waals surface area contributed by atoms with Gasteiger partial charge in [0.25, 0.3) is 5.91 Å². The minimum atomic E-state index is -0.507. The molecule has 0 spiro atoms. The molecule has 2 aliphatic rings. The van der Waals surface area contributed by atoms with E-state index in [0.717, 1.165) is 37.1 Å². The van der Waals surface area contributed by atoms with Crippen molar-refractivity contribution in [3.8, 4) is 0 Å². The Morgan fingerprint density at radius 3 is 2.60 bits per heavy atom. The Labute approximate surface area is 147 Å². The molecule has 3 heterocycles. The van der Waals surface area contributed by atoms with Crippen molar-refractivity contribution in [1.82, 2.24) is 24.9 Å². The predicted octanol–water partition coefficient (Wildman–Crippen LogP) is 1.20. The van der Waals surface area contributed by atoms with Crippen LogP contribution in [-0.2, 0) is 17.6 Å². The first-order valence-electron chi connectivity index (χ1n) is 9.02. The van der Waals surface area contributed by atoms with Gasteiger partial charge in [0, 0.05) is 19.3 Å². The van der Waals surface area contributed by atoms with Gasteiger partial charge in [-0.3, -0.25) is 10.1 Å². The van der Waals surface area contributed by atoms with E-state index in [1.54, 1.807) is 7.05 Å². The molecule has 0 radical (unpaired) electrons. The highest BCUT2D eigenvalue weighted by atomic mass is 16.2. The van der Waals surface area contributed by atoms with Gasteiger partial charge in [-0.2, -0.15) is 5.10 Å². The van der Waals surface area contributed by atoms with Crippen molar-refractivity contribution in [2.24, 2.45) is 4.99 Å². The number of aromatic nitrogens is 2. The third-order valence-corrected chi connectivity index (χ3v) is 4.84. The third-order valence-electron chi connectivity index (χ3n) is 4.84. The van der Waals surface area contributed by atoms with Crippen LogP contribution in [0.3, 0.4) is 0 Å². The average Bonchev–Trinajstić information content (AvgIpc) is 3.18. The van der Waals surface area contributed by atoms with Crippen molar-refractivity contribution in [1.29, 1.82) is 0 Å². The largest absolute Gasteiger partial charge is 0.325 e. The normalized spacial score (nSPS) is 23.0. The summed E-state index contributed by atoms with van der Waals surface area (Å²) in [6.07, 6.45) is 3.11. The van der Waals surface area contributed by atoms with E-state index < -0.39 is 18.2 Å². The number of hydrogen-bond donors (Lipinski definition) is 1. The molecule has 1 saturated heterocycles. The summed E-state index contributed by atoms with van der Waals surface area (Å²) >= 11 is 0. The van der Waals surface area contributed by atoms with Crippen LogP contribution >= 0.6 is 0 Å². The second-order valence-corrected chi connectivity index (χ2v) is 6.49. The van der Waals surface area contributed by atoms with Gasteiger partial charge in [0.05, 0.1) is 5.69 Å². The molecule has 3 amide bonds. The second kappa shape index (κ2) is 6.85. The molecule has 0 aromatic carbocycles. The van der Waals surface area contributed by atoms with Crippen LogP contribution in [0.4, 0.5) is 4.79 Å². The molecule has 2 unspecified atom stereocenters. The Morgan fingerprint density at radius 2 is 1.96 bits per heavy atom. The van der Waals surface area contributed by atoms with E-state index in [9.17, 15) is 9.59 Å². The van der Waals surface area contributed by atoms with Gasteiger partial charge in [-0.25, -0.2) is 14.5 Å². The topological polar surface area (TPSA) is 82.8 Å². The lowest BCUT2D eigenvalue weighted by Gasteiger charge is -2.36. The van der Waals surface area contributed by atoms with Crippen molar-refractivity contribution in [2.45, 2.75) is 58.7 Å². The van der Waals surface area contributed by atoms with Gasteiger partial charge in [0.1, 0.15) is 0 Å².